The van der Waals surface area contributed by atoms with Gasteiger partial charge >= 0.3 is 17.9 Å². The number of allylic oxidation sites excluding steroid dienone is 22. The third-order valence-electron chi connectivity index (χ3n) is 10.9. The summed E-state index contributed by atoms with van der Waals surface area (Å²) in [6, 6.07) is 0. The van der Waals surface area contributed by atoms with Crippen molar-refractivity contribution < 1.29 is 28.6 Å². The fourth-order valence-corrected chi connectivity index (χ4v) is 6.95. The van der Waals surface area contributed by atoms with Crippen LogP contribution in [0.25, 0.3) is 0 Å². The van der Waals surface area contributed by atoms with Gasteiger partial charge in [0.1, 0.15) is 13.2 Å². The fraction of sp³-hybridized carbons (Fsp3) is 0.597. The minimum absolute atomic E-state index is 0.105. The lowest BCUT2D eigenvalue weighted by atomic mass is 10.1. The van der Waals surface area contributed by atoms with Gasteiger partial charge in [-0.05, 0) is 116 Å². The van der Waals surface area contributed by atoms with Gasteiger partial charge in [0, 0.05) is 19.3 Å². The molecule has 382 valence electrons. The molecule has 0 saturated carbocycles. The molecule has 0 radical (unpaired) electrons. The predicted molar refractivity (Wildman–Crippen MR) is 292 cm³/mol. The van der Waals surface area contributed by atoms with Gasteiger partial charge in [0.25, 0.3) is 0 Å². The highest BCUT2D eigenvalue weighted by Gasteiger charge is 2.19. The lowest BCUT2D eigenvalue weighted by molar-refractivity contribution is -0.167. The van der Waals surface area contributed by atoms with E-state index in [-0.39, 0.29) is 31.1 Å². The zero-order valence-corrected chi connectivity index (χ0v) is 43.6. The van der Waals surface area contributed by atoms with E-state index in [2.05, 4.69) is 154 Å². The number of unbranched alkanes of at least 4 members (excludes halogenated alkanes) is 16. The fourth-order valence-electron chi connectivity index (χ4n) is 6.95. The van der Waals surface area contributed by atoms with Gasteiger partial charge in [-0.1, -0.05) is 219 Å². The van der Waals surface area contributed by atoms with E-state index in [1.807, 2.05) is 0 Å². The average molecular weight is 939 g/mol. The molecule has 0 bridgehead atoms. The van der Waals surface area contributed by atoms with Crippen molar-refractivity contribution >= 4 is 17.9 Å². The minimum Gasteiger partial charge on any atom is -0.462 e. The van der Waals surface area contributed by atoms with E-state index < -0.39 is 6.10 Å². The van der Waals surface area contributed by atoms with Crippen LogP contribution in [0.3, 0.4) is 0 Å². The highest BCUT2D eigenvalue weighted by Crippen LogP contribution is 2.13. The molecule has 0 N–H and O–H groups in total. The van der Waals surface area contributed by atoms with E-state index in [0.717, 1.165) is 141 Å². The first kappa shape index (κ1) is 63.5. The first-order chi connectivity index (χ1) is 33.5. The van der Waals surface area contributed by atoms with Gasteiger partial charge in [-0.15, -0.1) is 0 Å². The van der Waals surface area contributed by atoms with E-state index in [4.69, 9.17) is 14.2 Å². The van der Waals surface area contributed by atoms with E-state index in [0.29, 0.717) is 19.3 Å². The molecule has 6 heteroatoms. The summed E-state index contributed by atoms with van der Waals surface area (Å²) in [6.45, 7) is 6.22. The SMILES string of the molecule is CC\C=C/C=C\C=C/CCCCCCCCCC(=O)OCC(COC(=O)CCCCC/C=C\C/C=C\C/C=C\C/C=C\C/C=C\CC)OC(=O)CCCCCCCC/C=C\C/C=C\C/C=C\CC. The Morgan fingerprint density at radius 1 is 0.309 bits per heavy atom. The first-order valence-electron chi connectivity index (χ1n) is 27.2. The van der Waals surface area contributed by atoms with E-state index in [1.165, 1.54) is 38.5 Å². The van der Waals surface area contributed by atoms with Gasteiger partial charge in [0.15, 0.2) is 6.10 Å². The Labute approximate surface area is 417 Å². The predicted octanol–water partition coefficient (Wildman–Crippen LogP) is 18.3. The molecule has 0 amide bonds. The van der Waals surface area contributed by atoms with Crippen molar-refractivity contribution in [2.24, 2.45) is 0 Å². The van der Waals surface area contributed by atoms with Crippen molar-refractivity contribution in [2.45, 2.75) is 226 Å². The quantitative estimate of drug-likeness (QED) is 0.0199. The van der Waals surface area contributed by atoms with Crippen molar-refractivity contribution in [1.29, 1.82) is 0 Å². The van der Waals surface area contributed by atoms with E-state index in [9.17, 15) is 14.4 Å². The normalized spacial score (nSPS) is 13.2. The molecule has 0 aliphatic carbocycles. The van der Waals surface area contributed by atoms with Crippen LogP contribution in [0, 0.1) is 0 Å². The molecule has 68 heavy (non-hydrogen) atoms. The second kappa shape index (κ2) is 55.1. The summed E-state index contributed by atoms with van der Waals surface area (Å²) in [6.07, 6.45) is 77.2. The van der Waals surface area contributed by atoms with Crippen LogP contribution in [0.1, 0.15) is 220 Å². The van der Waals surface area contributed by atoms with Gasteiger partial charge in [-0.2, -0.15) is 0 Å². The molecule has 0 fully saturated rings. The molecule has 0 heterocycles. The van der Waals surface area contributed by atoms with Crippen molar-refractivity contribution in [1.82, 2.24) is 0 Å². The largest absolute Gasteiger partial charge is 0.462 e. The zero-order chi connectivity index (χ0) is 49.3. The van der Waals surface area contributed by atoms with Crippen LogP contribution >= 0.6 is 0 Å². The number of carbonyl (C=O) groups excluding carboxylic acids is 3. The van der Waals surface area contributed by atoms with Gasteiger partial charge in [0.05, 0.1) is 0 Å². The first-order valence-corrected chi connectivity index (χ1v) is 27.2. The summed E-state index contributed by atoms with van der Waals surface area (Å²) < 4.78 is 16.8. The summed E-state index contributed by atoms with van der Waals surface area (Å²) in [4.78, 5) is 38.1. The lowest BCUT2D eigenvalue weighted by Gasteiger charge is -2.18. The van der Waals surface area contributed by atoms with Crippen molar-refractivity contribution in [2.75, 3.05) is 13.2 Å². The van der Waals surface area contributed by atoms with Crippen LogP contribution < -0.4 is 0 Å². The molecular formula is C62H98O6. The Balaban J connectivity index is 4.51. The maximum absolute atomic E-state index is 12.8. The monoisotopic (exact) mass is 939 g/mol. The summed E-state index contributed by atoms with van der Waals surface area (Å²) in [7, 11) is 0. The summed E-state index contributed by atoms with van der Waals surface area (Å²) >= 11 is 0. The third kappa shape index (κ3) is 52.5. The average Bonchev–Trinajstić information content (AvgIpc) is 3.34. The van der Waals surface area contributed by atoms with Crippen LogP contribution in [0.4, 0.5) is 0 Å². The van der Waals surface area contributed by atoms with Gasteiger partial charge in [-0.25, -0.2) is 0 Å². The summed E-state index contributed by atoms with van der Waals surface area (Å²) in [5.41, 5.74) is 0. The Kier molecular flexibility index (Phi) is 51.5. The van der Waals surface area contributed by atoms with Crippen molar-refractivity contribution in [3.8, 4) is 0 Å². The zero-order valence-electron chi connectivity index (χ0n) is 43.6. The molecule has 0 saturated heterocycles. The highest BCUT2D eigenvalue weighted by atomic mass is 16.6. The second-order valence-corrected chi connectivity index (χ2v) is 17.4. The van der Waals surface area contributed by atoms with Crippen LogP contribution in [0.15, 0.2) is 134 Å². The van der Waals surface area contributed by atoms with Gasteiger partial charge < -0.3 is 14.2 Å². The van der Waals surface area contributed by atoms with Gasteiger partial charge in [-0.3, -0.25) is 14.4 Å². The molecule has 0 spiro atoms. The molecular weight excluding hydrogens is 841 g/mol. The molecule has 0 aliphatic heterocycles. The number of rotatable bonds is 47. The topological polar surface area (TPSA) is 78.9 Å². The lowest BCUT2D eigenvalue weighted by Crippen LogP contribution is -2.30. The molecule has 0 aromatic rings. The Bertz CT molecular complexity index is 1500. The Morgan fingerprint density at radius 2 is 0.603 bits per heavy atom. The van der Waals surface area contributed by atoms with E-state index >= 15 is 0 Å². The number of hydrogen-bond acceptors (Lipinski definition) is 6. The van der Waals surface area contributed by atoms with Crippen molar-refractivity contribution in [3.63, 3.8) is 0 Å². The summed E-state index contributed by atoms with van der Waals surface area (Å²) in [5, 5.41) is 0. The Morgan fingerprint density at radius 3 is 1.00 bits per heavy atom. The number of hydrogen-bond donors (Lipinski definition) is 0. The summed E-state index contributed by atoms with van der Waals surface area (Å²) in [5.74, 6) is -0.969. The maximum Gasteiger partial charge on any atom is 0.306 e. The number of carbonyl (C=O) groups is 3. The Hall–Kier alpha value is -4.45. The molecule has 0 aliphatic rings. The van der Waals surface area contributed by atoms with Crippen molar-refractivity contribution in [3.05, 3.63) is 134 Å². The molecule has 6 nitrogen and oxygen atoms in total. The van der Waals surface area contributed by atoms with Crippen LogP contribution in [0.5, 0.6) is 0 Å². The molecule has 1 atom stereocenters. The highest BCUT2D eigenvalue weighted by molar-refractivity contribution is 5.71. The number of esters is 3. The number of ether oxygens (including phenoxy) is 3. The maximum atomic E-state index is 12.8. The van der Waals surface area contributed by atoms with Crippen LogP contribution in [0.2, 0.25) is 0 Å². The smallest absolute Gasteiger partial charge is 0.306 e. The van der Waals surface area contributed by atoms with Crippen LogP contribution in [-0.4, -0.2) is 37.2 Å². The standard InChI is InChI=1S/C62H98O6/c1-4-7-10-13-16-19-22-25-28-30-31-32-35-37-40-43-46-49-52-55-61(64)67-58-59(57-66-60(63)54-51-48-45-42-39-36-33-27-24-21-18-15-12-9-6-3)68-62(65)56-53-50-47-44-41-38-34-29-26-23-20-17-14-11-8-5-2/h7-12,15-21,24-26,28-29,31-32,37,40,59H,4-6,13-14,22-23,27,30,33-36,38-39,41-58H2,1-3H3/b10-7-,11-8-,12-9-,18-15-,19-16-,20-17-,24-21-,28-25-,29-26-,32-31-,40-37-. The van der Waals surface area contributed by atoms with Gasteiger partial charge in [0.2, 0.25) is 0 Å². The van der Waals surface area contributed by atoms with E-state index in [1.54, 1.807) is 0 Å². The molecule has 0 aromatic carbocycles. The molecule has 0 aromatic heterocycles. The van der Waals surface area contributed by atoms with Crippen LogP contribution in [-0.2, 0) is 28.6 Å². The minimum atomic E-state index is -0.809. The third-order valence-corrected chi connectivity index (χ3v) is 10.9. The second-order valence-electron chi connectivity index (χ2n) is 17.4. The molecule has 0 rings (SSSR count). The molecule has 1 unspecified atom stereocenters.